The first-order chi connectivity index (χ1) is 8.49. The van der Waals surface area contributed by atoms with Crippen molar-refractivity contribution < 1.29 is 19.1 Å². The molecule has 18 heavy (non-hydrogen) atoms. The molecule has 1 aromatic rings. The SMILES string of the molecule is C[C@@H](NC(=O)N1CCc2ccc(F)cc21)C(=O)O. The number of carboxylic acid groups (broad SMARTS) is 1. The van der Waals surface area contributed by atoms with Gasteiger partial charge in [0.15, 0.2) is 0 Å². The number of hydrogen-bond acceptors (Lipinski definition) is 2. The Labute approximate surface area is 103 Å². The molecule has 1 aromatic carbocycles. The zero-order chi connectivity index (χ0) is 13.3. The second kappa shape index (κ2) is 4.64. The molecule has 0 spiro atoms. The van der Waals surface area contributed by atoms with Crippen LogP contribution in [0.1, 0.15) is 12.5 Å². The Bertz CT molecular complexity index is 504. The van der Waals surface area contributed by atoms with Crippen LogP contribution in [0.15, 0.2) is 18.2 Å². The van der Waals surface area contributed by atoms with E-state index in [1.54, 1.807) is 6.07 Å². The van der Waals surface area contributed by atoms with Gasteiger partial charge in [-0.15, -0.1) is 0 Å². The van der Waals surface area contributed by atoms with Crippen LogP contribution in [0.3, 0.4) is 0 Å². The third-order valence-electron chi connectivity index (χ3n) is 2.90. The molecule has 2 rings (SSSR count). The molecule has 0 radical (unpaired) electrons. The summed E-state index contributed by atoms with van der Waals surface area (Å²) in [6.07, 6.45) is 0.643. The highest BCUT2D eigenvalue weighted by Gasteiger charge is 2.26. The minimum absolute atomic E-state index is 0.417. The summed E-state index contributed by atoms with van der Waals surface area (Å²) < 4.78 is 13.1. The van der Waals surface area contributed by atoms with Gasteiger partial charge < -0.3 is 10.4 Å². The van der Waals surface area contributed by atoms with Gasteiger partial charge in [0.05, 0.1) is 5.69 Å². The normalized spacial score (nSPS) is 15.1. The predicted octanol–water partition coefficient (Wildman–Crippen LogP) is 1.37. The van der Waals surface area contributed by atoms with Gasteiger partial charge in [-0.3, -0.25) is 9.69 Å². The number of fused-ring (bicyclic) bond motifs is 1. The number of carbonyl (C=O) groups is 2. The number of carboxylic acids is 1. The molecule has 0 unspecified atom stereocenters. The first-order valence-corrected chi connectivity index (χ1v) is 5.58. The Morgan fingerprint density at radius 3 is 2.89 bits per heavy atom. The molecule has 0 aromatic heterocycles. The lowest BCUT2D eigenvalue weighted by Gasteiger charge is -2.19. The minimum atomic E-state index is -1.11. The third kappa shape index (κ3) is 2.27. The summed E-state index contributed by atoms with van der Waals surface area (Å²) in [5, 5.41) is 11.1. The van der Waals surface area contributed by atoms with E-state index < -0.39 is 23.9 Å². The van der Waals surface area contributed by atoms with Gasteiger partial charge >= 0.3 is 12.0 Å². The molecule has 2 amide bonds. The molecule has 2 N–H and O–H groups in total. The molecule has 0 fully saturated rings. The van der Waals surface area contributed by atoms with Crippen molar-refractivity contribution in [2.45, 2.75) is 19.4 Å². The van der Waals surface area contributed by atoms with Gasteiger partial charge in [-0.05, 0) is 31.0 Å². The Morgan fingerprint density at radius 1 is 1.50 bits per heavy atom. The van der Waals surface area contributed by atoms with Crippen LogP contribution in [0.4, 0.5) is 14.9 Å². The molecule has 6 heteroatoms. The van der Waals surface area contributed by atoms with Crippen molar-refractivity contribution in [1.82, 2.24) is 5.32 Å². The summed E-state index contributed by atoms with van der Waals surface area (Å²) in [5.74, 6) is -1.53. The smallest absolute Gasteiger partial charge is 0.325 e. The number of aliphatic carboxylic acids is 1. The Morgan fingerprint density at radius 2 is 2.22 bits per heavy atom. The first-order valence-electron chi connectivity index (χ1n) is 5.58. The molecule has 1 aliphatic rings. The zero-order valence-corrected chi connectivity index (χ0v) is 9.81. The van der Waals surface area contributed by atoms with Crippen molar-refractivity contribution in [1.29, 1.82) is 0 Å². The van der Waals surface area contributed by atoms with E-state index in [2.05, 4.69) is 5.32 Å². The topological polar surface area (TPSA) is 69.6 Å². The van der Waals surface area contributed by atoms with Gasteiger partial charge in [0.2, 0.25) is 0 Å². The van der Waals surface area contributed by atoms with Crippen molar-refractivity contribution >= 4 is 17.7 Å². The highest BCUT2D eigenvalue weighted by molar-refractivity contribution is 5.96. The quantitative estimate of drug-likeness (QED) is 0.835. The van der Waals surface area contributed by atoms with E-state index in [1.807, 2.05) is 0 Å². The fourth-order valence-corrected chi connectivity index (χ4v) is 1.89. The number of nitrogens with one attached hydrogen (secondary N) is 1. The van der Waals surface area contributed by atoms with Crippen molar-refractivity contribution in [2.24, 2.45) is 0 Å². The largest absolute Gasteiger partial charge is 0.480 e. The van der Waals surface area contributed by atoms with Crippen LogP contribution in [0, 0.1) is 5.82 Å². The number of hydrogen-bond donors (Lipinski definition) is 2. The molecule has 96 valence electrons. The lowest BCUT2D eigenvalue weighted by molar-refractivity contribution is -0.138. The predicted molar refractivity (Wildman–Crippen MR) is 63.1 cm³/mol. The molecule has 0 aliphatic carbocycles. The van der Waals surface area contributed by atoms with Crippen molar-refractivity contribution in [3.05, 3.63) is 29.6 Å². The summed E-state index contributed by atoms with van der Waals surface area (Å²) in [4.78, 5) is 23.9. The summed E-state index contributed by atoms with van der Waals surface area (Å²) >= 11 is 0. The molecule has 0 bridgehead atoms. The van der Waals surface area contributed by atoms with Crippen LogP contribution < -0.4 is 10.2 Å². The Kier molecular flexibility index (Phi) is 3.18. The molecular weight excluding hydrogens is 239 g/mol. The van der Waals surface area contributed by atoms with Crippen LogP contribution in [-0.4, -0.2) is 29.7 Å². The summed E-state index contributed by atoms with van der Waals surface area (Å²) in [6, 6.07) is 2.77. The number of benzene rings is 1. The van der Waals surface area contributed by atoms with E-state index >= 15 is 0 Å². The summed E-state index contributed by atoms with van der Waals surface area (Å²) in [5.41, 5.74) is 1.39. The third-order valence-corrected chi connectivity index (χ3v) is 2.90. The number of nitrogens with zero attached hydrogens (tertiary/aromatic N) is 1. The highest BCUT2D eigenvalue weighted by atomic mass is 19.1. The fourth-order valence-electron chi connectivity index (χ4n) is 1.89. The van der Waals surface area contributed by atoms with Gasteiger partial charge in [0.25, 0.3) is 0 Å². The Balaban J connectivity index is 2.15. The van der Waals surface area contributed by atoms with Crippen LogP contribution in [0.25, 0.3) is 0 Å². The molecule has 1 heterocycles. The first kappa shape index (κ1) is 12.3. The number of urea groups is 1. The van der Waals surface area contributed by atoms with E-state index in [0.29, 0.717) is 18.7 Å². The standard InChI is InChI=1S/C12H13FN2O3/c1-7(11(16)17)14-12(18)15-5-4-8-2-3-9(13)6-10(8)15/h2-3,6-7H,4-5H2,1H3,(H,14,18)(H,16,17)/t7-/m1/s1. The molecule has 5 nitrogen and oxygen atoms in total. The number of rotatable bonds is 2. The van der Waals surface area contributed by atoms with Gasteiger partial charge in [-0.2, -0.15) is 0 Å². The van der Waals surface area contributed by atoms with Crippen molar-refractivity contribution in [2.75, 3.05) is 11.4 Å². The van der Waals surface area contributed by atoms with E-state index in [9.17, 15) is 14.0 Å². The van der Waals surface area contributed by atoms with Crippen molar-refractivity contribution in [3.8, 4) is 0 Å². The van der Waals surface area contributed by atoms with E-state index in [0.717, 1.165) is 5.56 Å². The van der Waals surface area contributed by atoms with Gasteiger partial charge in [-0.1, -0.05) is 6.07 Å². The molecule has 0 saturated heterocycles. The van der Waals surface area contributed by atoms with E-state index in [4.69, 9.17) is 5.11 Å². The van der Waals surface area contributed by atoms with E-state index in [-0.39, 0.29) is 0 Å². The van der Waals surface area contributed by atoms with Crippen LogP contribution >= 0.6 is 0 Å². The van der Waals surface area contributed by atoms with Crippen LogP contribution in [0.5, 0.6) is 0 Å². The number of anilines is 1. The lowest BCUT2D eigenvalue weighted by atomic mass is 10.2. The maximum Gasteiger partial charge on any atom is 0.325 e. The van der Waals surface area contributed by atoms with Gasteiger partial charge in [-0.25, -0.2) is 9.18 Å². The fraction of sp³-hybridized carbons (Fsp3) is 0.333. The highest BCUT2D eigenvalue weighted by Crippen LogP contribution is 2.28. The van der Waals surface area contributed by atoms with Gasteiger partial charge in [0, 0.05) is 6.54 Å². The van der Waals surface area contributed by atoms with E-state index in [1.165, 1.54) is 24.0 Å². The lowest BCUT2D eigenvalue weighted by Crippen LogP contribution is -2.46. The van der Waals surface area contributed by atoms with Crippen LogP contribution in [0.2, 0.25) is 0 Å². The second-order valence-electron chi connectivity index (χ2n) is 4.18. The molecule has 0 saturated carbocycles. The number of halogens is 1. The maximum atomic E-state index is 13.1. The van der Waals surface area contributed by atoms with Crippen molar-refractivity contribution in [3.63, 3.8) is 0 Å². The summed E-state index contributed by atoms with van der Waals surface area (Å²) in [7, 11) is 0. The van der Waals surface area contributed by atoms with Crippen LogP contribution in [-0.2, 0) is 11.2 Å². The molecular formula is C12H13FN2O3. The average Bonchev–Trinajstić information content (AvgIpc) is 2.71. The number of carbonyl (C=O) groups excluding carboxylic acids is 1. The Hall–Kier alpha value is -2.11. The maximum absolute atomic E-state index is 13.1. The second-order valence-corrected chi connectivity index (χ2v) is 4.18. The minimum Gasteiger partial charge on any atom is -0.480 e. The molecule has 1 atom stereocenters. The zero-order valence-electron chi connectivity index (χ0n) is 9.81. The van der Waals surface area contributed by atoms with Gasteiger partial charge in [0.1, 0.15) is 11.9 Å². The monoisotopic (exact) mass is 252 g/mol. The average molecular weight is 252 g/mol. The summed E-state index contributed by atoms with van der Waals surface area (Å²) in [6.45, 7) is 1.81. The molecule has 1 aliphatic heterocycles. The number of amides is 2.